The summed E-state index contributed by atoms with van der Waals surface area (Å²) >= 11 is 0. The van der Waals surface area contributed by atoms with E-state index in [4.69, 9.17) is 0 Å². The third-order valence-electron chi connectivity index (χ3n) is 1.62. The smallest absolute Gasteiger partial charge is 0.108 e. The Morgan fingerprint density at radius 1 is 0.933 bits per heavy atom. The van der Waals surface area contributed by atoms with Gasteiger partial charge in [-0.05, 0) is 6.07 Å². The molecular weight excluding hydrogens is 192 g/mol. The number of hydrogen-bond donors (Lipinski definition) is 1. The highest BCUT2D eigenvalue weighted by molar-refractivity contribution is 5.52. The molecule has 1 aromatic heterocycles. The van der Waals surface area contributed by atoms with E-state index in [1.54, 1.807) is 37.2 Å². The molecule has 1 aromatic rings. The number of rotatable bonds is 0. The molecule has 3 rings (SSSR count). The minimum Gasteiger partial charge on any atom is -0.262 e. The van der Waals surface area contributed by atoms with Gasteiger partial charge in [-0.1, -0.05) is 5.21 Å². The van der Waals surface area contributed by atoms with E-state index in [9.17, 15) is 0 Å². The summed E-state index contributed by atoms with van der Waals surface area (Å²) in [5, 5.41) is 9.89. The molecule has 0 amide bonds. The summed E-state index contributed by atoms with van der Waals surface area (Å²) in [7, 11) is 0. The highest BCUT2D eigenvalue weighted by Gasteiger charge is 2.00. The Hall–Kier alpha value is -2.37. The van der Waals surface area contributed by atoms with Crippen LogP contribution in [0.1, 0.15) is 0 Å². The van der Waals surface area contributed by atoms with Crippen molar-refractivity contribution in [3.63, 3.8) is 0 Å². The molecule has 6 heteroatoms. The van der Waals surface area contributed by atoms with Crippen molar-refractivity contribution >= 4 is 0 Å². The van der Waals surface area contributed by atoms with Crippen LogP contribution in [-0.4, -0.2) is 30.4 Å². The van der Waals surface area contributed by atoms with E-state index in [1.807, 2.05) is 6.07 Å². The first kappa shape index (κ1) is 9.20. The van der Waals surface area contributed by atoms with E-state index in [2.05, 4.69) is 30.4 Å². The zero-order valence-electron chi connectivity index (χ0n) is 7.78. The molecule has 2 aliphatic heterocycles. The molecule has 6 nitrogen and oxygen atoms in total. The van der Waals surface area contributed by atoms with Crippen LogP contribution in [-0.2, 0) is 0 Å². The van der Waals surface area contributed by atoms with Crippen LogP contribution in [0.5, 0.6) is 0 Å². The highest BCUT2D eigenvalue weighted by Crippen LogP contribution is 2.11. The van der Waals surface area contributed by atoms with Crippen molar-refractivity contribution in [1.29, 1.82) is 0 Å². The van der Waals surface area contributed by atoms with Gasteiger partial charge in [0.1, 0.15) is 5.69 Å². The number of hydrogen-bond acceptors (Lipinski definition) is 5. The van der Waals surface area contributed by atoms with Gasteiger partial charge in [0, 0.05) is 31.0 Å². The third-order valence-corrected chi connectivity index (χ3v) is 1.62. The van der Waals surface area contributed by atoms with Gasteiger partial charge in [-0.15, -0.1) is 5.10 Å². The minimum atomic E-state index is 0.852. The third kappa shape index (κ3) is 2.53. The van der Waals surface area contributed by atoms with Gasteiger partial charge >= 0.3 is 0 Å². The molecule has 74 valence electrons. The van der Waals surface area contributed by atoms with Crippen LogP contribution < -0.4 is 0 Å². The number of fused-ring (bicyclic) bond motifs is 1. The maximum atomic E-state index is 3.98. The molecule has 1 N–H and O–H groups in total. The predicted molar refractivity (Wildman–Crippen MR) is 52.8 cm³/mol. The number of nitrogens with one attached hydrogen (secondary N) is 1. The second kappa shape index (κ2) is 4.75. The number of aromatic nitrogens is 6. The van der Waals surface area contributed by atoms with Gasteiger partial charge in [0.15, 0.2) is 0 Å². The van der Waals surface area contributed by atoms with Gasteiger partial charge in [-0.25, -0.2) is 0 Å². The van der Waals surface area contributed by atoms with Crippen molar-refractivity contribution in [1.82, 2.24) is 30.4 Å². The Kier molecular flexibility index (Phi) is 2.91. The zero-order chi connectivity index (χ0) is 10.3. The highest BCUT2D eigenvalue weighted by atomic mass is 15.3. The normalized spacial score (nSPS) is 9.33. The molecular formula is C9H8N6. The zero-order valence-corrected chi connectivity index (χ0v) is 7.78. The average molecular weight is 200 g/mol. The molecule has 0 spiro atoms. The number of nitrogens with zero attached hydrogens (tertiary/aromatic N) is 5. The summed E-state index contributed by atoms with van der Waals surface area (Å²) in [5.41, 5.74) is 1.77. The van der Waals surface area contributed by atoms with Crippen LogP contribution in [0.25, 0.3) is 11.4 Å². The molecule has 0 radical (unpaired) electrons. The molecule has 0 atom stereocenters. The number of aromatic amines is 1. The lowest BCUT2D eigenvalue weighted by Gasteiger charge is -1.89. The van der Waals surface area contributed by atoms with E-state index in [0.29, 0.717) is 0 Å². The van der Waals surface area contributed by atoms with Gasteiger partial charge in [-0.2, -0.15) is 0 Å². The van der Waals surface area contributed by atoms with Crippen LogP contribution >= 0.6 is 0 Å². The van der Waals surface area contributed by atoms with E-state index >= 15 is 0 Å². The molecule has 0 aromatic carbocycles. The predicted octanol–water partition coefficient (Wildman–Crippen LogP) is 0.781. The van der Waals surface area contributed by atoms with Crippen LogP contribution in [0, 0.1) is 0 Å². The SMILES string of the molecule is c1cc2[nH]nncc-2n1.c1cnccn1. The van der Waals surface area contributed by atoms with Gasteiger partial charge in [0.2, 0.25) is 0 Å². The quantitative estimate of drug-likeness (QED) is 0.580. The first-order chi connectivity index (χ1) is 7.47. The van der Waals surface area contributed by atoms with Crippen molar-refractivity contribution in [3.05, 3.63) is 43.2 Å². The molecule has 3 heterocycles. The standard InChI is InChI=1S/C5H4N4.C4H4N2/c1-2-6-5-3-7-9-8-4(1)5;1-2-6-4-3-5-1/h1-3H,(H,7,8);1-4H. The Labute approximate surface area is 85.8 Å². The molecule has 0 saturated heterocycles. The average Bonchev–Trinajstić information content (AvgIpc) is 2.80. The summed E-state index contributed by atoms with van der Waals surface area (Å²) in [4.78, 5) is 11.4. The lowest BCUT2D eigenvalue weighted by molar-refractivity contribution is 0.867. The lowest BCUT2D eigenvalue weighted by atomic mass is 10.4. The Balaban J connectivity index is 0.000000124. The van der Waals surface area contributed by atoms with Crippen LogP contribution in [0.15, 0.2) is 43.2 Å². The summed E-state index contributed by atoms with van der Waals surface area (Å²) in [6.07, 6.45) is 9.89. The van der Waals surface area contributed by atoms with Crippen molar-refractivity contribution in [3.8, 4) is 11.4 Å². The fourth-order valence-corrected chi connectivity index (χ4v) is 0.964. The second-order valence-corrected chi connectivity index (χ2v) is 2.59. The van der Waals surface area contributed by atoms with Crippen molar-refractivity contribution in [2.75, 3.05) is 0 Å². The maximum absolute atomic E-state index is 3.98. The Bertz CT molecular complexity index is 411. The molecule has 15 heavy (non-hydrogen) atoms. The summed E-state index contributed by atoms with van der Waals surface area (Å²) in [5.74, 6) is 0. The summed E-state index contributed by atoms with van der Waals surface area (Å²) in [6, 6.07) is 1.85. The van der Waals surface area contributed by atoms with Gasteiger partial charge in [0.25, 0.3) is 0 Å². The van der Waals surface area contributed by atoms with Crippen molar-refractivity contribution in [2.24, 2.45) is 0 Å². The van der Waals surface area contributed by atoms with Crippen molar-refractivity contribution < 1.29 is 0 Å². The van der Waals surface area contributed by atoms with Gasteiger partial charge < -0.3 is 0 Å². The molecule has 0 fully saturated rings. The molecule has 0 aliphatic carbocycles. The largest absolute Gasteiger partial charge is 0.262 e. The minimum absolute atomic E-state index is 0.852. The topological polar surface area (TPSA) is 80.2 Å². The van der Waals surface area contributed by atoms with Crippen LogP contribution in [0.2, 0.25) is 0 Å². The van der Waals surface area contributed by atoms with Gasteiger partial charge in [0.05, 0.1) is 11.9 Å². The fraction of sp³-hybridized carbons (Fsp3) is 0. The monoisotopic (exact) mass is 200 g/mol. The Morgan fingerprint density at radius 3 is 2.27 bits per heavy atom. The van der Waals surface area contributed by atoms with Crippen LogP contribution in [0.4, 0.5) is 0 Å². The van der Waals surface area contributed by atoms with Crippen molar-refractivity contribution in [2.45, 2.75) is 0 Å². The van der Waals surface area contributed by atoms with Crippen LogP contribution in [0.3, 0.4) is 0 Å². The molecule has 2 aliphatic rings. The first-order valence-electron chi connectivity index (χ1n) is 4.27. The van der Waals surface area contributed by atoms with E-state index < -0.39 is 0 Å². The maximum Gasteiger partial charge on any atom is 0.108 e. The van der Waals surface area contributed by atoms with E-state index in [0.717, 1.165) is 11.4 Å². The Morgan fingerprint density at radius 2 is 1.67 bits per heavy atom. The number of H-pyrrole nitrogens is 1. The molecule has 0 bridgehead atoms. The lowest BCUT2D eigenvalue weighted by Crippen LogP contribution is -1.88. The molecule has 0 saturated carbocycles. The second-order valence-electron chi connectivity index (χ2n) is 2.59. The molecule has 0 unspecified atom stereocenters. The summed E-state index contributed by atoms with van der Waals surface area (Å²) < 4.78 is 0. The van der Waals surface area contributed by atoms with Gasteiger partial charge in [-0.3, -0.25) is 20.1 Å². The first-order valence-corrected chi connectivity index (χ1v) is 4.27. The fourth-order valence-electron chi connectivity index (χ4n) is 0.964. The van der Waals surface area contributed by atoms with E-state index in [-0.39, 0.29) is 0 Å². The summed E-state index contributed by atoms with van der Waals surface area (Å²) in [6.45, 7) is 0. The van der Waals surface area contributed by atoms with E-state index in [1.165, 1.54) is 0 Å².